The van der Waals surface area contributed by atoms with Gasteiger partial charge in [-0.05, 0) is 6.92 Å². The molecule has 0 saturated heterocycles. The number of nitrogens with zero attached hydrogens (tertiary/aromatic N) is 1. The number of likely N-dealkylation sites (N-methyl/N-ethyl adjacent to an activating group) is 1. The second-order valence-electron chi connectivity index (χ2n) is 1.93. The van der Waals surface area contributed by atoms with Crippen molar-refractivity contribution in [2.24, 2.45) is 0 Å². The maximum absolute atomic E-state index is 10.8. The van der Waals surface area contributed by atoms with Gasteiger partial charge < -0.3 is 59.3 Å². The third-order valence-corrected chi connectivity index (χ3v) is 1.61. The van der Waals surface area contributed by atoms with E-state index in [1.807, 2.05) is 0 Å². The first-order valence-electron chi connectivity index (χ1n) is 3.15. The van der Waals surface area contributed by atoms with Gasteiger partial charge in [-0.15, -0.1) is 0 Å². The monoisotopic (exact) mass is 459 g/mol. The van der Waals surface area contributed by atoms with E-state index in [4.69, 9.17) is 0 Å². The van der Waals surface area contributed by atoms with Crippen molar-refractivity contribution < 1.29 is 56.7 Å². The van der Waals surface area contributed by atoms with Gasteiger partial charge in [0, 0.05) is 7.05 Å². The Kier molecular flexibility index (Phi) is 24.1. The summed E-state index contributed by atoms with van der Waals surface area (Å²) in [5, 5.41) is 0. The zero-order chi connectivity index (χ0) is 8.85. The molecule has 0 fully saturated rings. The Balaban J connectivity index is -0.000000167. The molecule has 0 spiro atoms. The van der Waals surface area contributed by atoms with E-state index in [1.165, 1.54) is 4.90 Å². The molecule has 0 aliphatic heterocycles. The van der Waals surface area contributed by atoms with Crippen LogP contribution in [0.15, 0.2) is 0 Å². The number of hydrogen-bond donors (Lipinski definition) is 0. The minimum atomic E-state index is -0.304. The summed E-state index contributed by atoms with van der Waals surface area (Å²) in [6, 6.07) is 0. The smallest absolute Gasteiger partial charge is 1.00 e. The SMILES string of the molecule is CCOC(=O)CN(C)C(=S)[S-].[Au+3].[Cl-].[Cl-]. The van der Waals surface area contributed by atoms with Crippen molar-refractivity contribution in [3.8, 4) is 0 Å². The van der Waals surface area contributed by atoms with E-state index in [1.54, 1.807) is 14.0 Å². The maximum atomic E-state index is 10.8. The molecule has 0 unspecified atom stereocenters. The number of carbonyl (C=O) groups excluding carboxylic acids is 1. The van der Waals surface area contributed by atoms with Crippen LogP contribution >= 0.6 is 12.2 Å². The standard InChI is InChI=1S/C6H11NO2S2.Au.2ClH/c1-3-9-5(8)4-7(2)6(10)11;;;/h3-4H2,1-2H3,(H,10,11);;2*1H/q;+3;;/p-3. The molecule has 0 amide bonds. The third kappa shape index (κ3) is 12.9. The van der Waals surface area contributed by atoms with Gasteiger partial charge in [-0.3, -0.25) is 4.79 Å². The van der Waals surface area contributed by atoms with Gasteiger partial charge in [-0.25, -0.2) is 0 Å². The van der Waals surface area contributed by atoms with Crippen molar-refractivity contribution in [2.75, 3.05) is 20.2 Å². The van der Waals surface area contributed by atoms with Crippen molar-refractivity contribution in [3.05, 3.63) is 0 Å². The second-order valence-corrected chi connectivity index (χ2v) is 2.96. The number of halogens is 2. The van der Waals surface area contributed by atoms with Crippen LogP contribution < -0.4 is 24.8 Å². The molecule has 0 aliphatic rings. The van der Waals surface area contributed by atoms with Crippen molar-refractivity contribution in [1.82, 2.24) is 4.90 Å². The molecule has 0 aromatic carbocycles. The van der Waals surface area contributed by atoms with Crippen molar-refractivity contribution in [3.63, 3.8) is 0 Å². The van der Waals surface area contributed by atoms with Crippen molar-refractivity contribution in [2.45, 2.75) is 6.92 Å². The first-order valence-corrected chi connectivity index (χ1v) is 3.97. The van der Waals surface area contributed by atoms with Gasteiger partial charge >= 0.3 is 28.3 Å². The first kappa shape index (κ1) is 24.2. The minimum Gasteiger partial charge on any atom is -1.00 e. The fourth-order valence-corrected chi connectivity index (χ4v) is 0.594. The number of esters is 1. The number of carbonyl (C=O) groups is 1. The summed E-state index contributed by atoms with van der Waals surface area (Å²) in [6.45, 7) is 2.27. The van der Waals surface area contributed by atoms with Crippen LogP contribution in [0.3, 0.4) is 0 Å². The van der Waals surface area contributed by atoms with E-state index in [-0.39, 0.29) is 64.0 Å². The maximum Gasteiger partial charge on any atom is 3.00 e. The molecule has 3 nitrogen and oxygen atoms in total. The van der Waals surface area contributed by atoms with Crippen molar-refractivity contribution in [1.29, 1.82) is 0 Å². The van der Waals surface area contributed by atoms with E-state index in [0.29, 0.717) is 6.61 Å². The van der Waals surface area contributed by atoms with E-state index in [2.05, 4.69) is 29.6 Å². The van der Waals surface area contributed by atoms with Gasteiger partial charge in [0.25, 0.3) is 0 Å². The molecule has 0 saturated carbocycles. The number of rotatable bonds is 3. The van der Waals surface area contributed by atoms with Crippen LogP contribution in [0, 0.1) is 0 Å². The summed E-state index contributed by atoms with van der Waals surface area (Å²) in [6.07, 6.45) is 0. The average molecular weight is 460 g/mol. The Morgan fingerprint density at radius 2 is 1.93 bits per heavy atom. The summed E-state index contributed by atoms with van der Waals surface area (Å²) < 4.78 is 4.95. The van der Waals surface area contributed by atoms with Crippen LogP contribution in [0.4, 0.5) is 0 Å². The Labute approximate surface area is 123 Å². The van der Waals surface area contributed by atoms with E-state index in [9.17, 15) is 4.79 Å². The molecule has 0 heterocycles. The van der Waals surface area contributed by atoms with Crippen LogP contribution in [0.25, 0.3) is 0 Å². The minimum absolute atomic E-state index is 0. The molecule has 88 valence electrons. The van der Waals surface area contributed by atoms with Crippen LogP contribution in [0.1, 0.15) is 6.92 Å². The first-order chi connectivity index (χ1) is 5.07. The average Bonchev–Trinajstić information content (AvgIpc) is 1.87. The van der Waals surface area contributed by atoms with Gasteiger partial charge in [-0.1, -0.05) is 4.32 Å². The van der Waals surface area contributed by atoms with E-state index < -0.39 is 0 Å². The quantitative estimate of drug-likeness (QED) is 0.182. The molecule has 0 radical (unpaired) electrons. The Morgan fingerprint density at radius 3 is 2.21 bits per heavy atom. The van der Waals surface area contributed by atoms with Crippen LogP contribution in [0.5, 0.6) is 0 Å². The van der Waals surface area contributed by atoms with Crippen LogP contribution in [0.2, 0.25) is 0 Å². The molecule has 0 rings (SSSR count). The van der Waals surface area contributed by atoms with Gasteiger partial charge in [-0.2, -0.15) is 0 Å². The summed E-state index contributed by atoms with van der Waals surface area (Å²) in [4.78, 5) is 12.3. The predicted molar refractivity (Wildman–Crippen MR) is 49.2 cm³/mol. The molecule has 14 heavy (non-hydrogen) atoms. The molecular formula is C6H10AuCl2NO2S2. The number of thiocarbonyl (C=S) groups is 1. The molecule has 0 aromatic rings. The normalized spacial score (nSPS) is 7.00. The number of hydrogen-bond acceptors (Lipinski definition) is 4. The van der Waals surface area contributed by atoms with Gasteiger partial charge in [0.15, 0.2) is 0 Å². The second kappa shape index (κ2) is 13.9. The third-order valence-electron chi connectivity index (χ3n) is 0.983. The summed E-state index contributed by atoms with van der Waals surface area (Å²) in [5.41, 5.74) is 0. The molecular weight excluding hydrogens is 450 g/mol. The number of ether oxygens (including phenoxy) is 1. The fourth-order valence-electron chi connectivity index (χ4n) is 0.465. The van der Waals surface area contributed by atoms with Crippen LogP contribution in [-0.2, 0) is 44.5 Å². The molecule has 8 heteroatoms. The summed E-state index contributed by atoms with van der Waals surface area (Å²) in [5.74, 6) is -0.304. The van der Waals surface area contributed by atoms with Crippen molar-refractivity contribution >= 4 is 35.1 Å². The molecule has 0 N–H and O–H groups in total. The van der Waals surface area contributed by atoms with Gasteiger partial charge in [0.1, 0.15) is 6.54 Å². The Morgan fingerprint density at radius 1 is 1.50 bits per heavy atom. The largest absolute Gasteiger partial charge is 3.00 e. The summed E-state index contributed by atoms with van der Waals surface area (Å²) in [7, 11) is 1.66. The Hall–Kier alpha value is 0.900. The van der Waals surface area contributed by atoms with Gasteiger partial charge in [0.2, 0.25) is 0 Å². The summed E-state index contributed by atoms with van der Waals surface area (Å²) >= 11 is 9.31. The van der Waals surface area contributed by atoms with Gasteiger partial charge in [0.05, 0.1) is 6.61 Å². The predicted octanol–water partition coefficient (Wildman–Crippen LogP) is -5.68. The molecule has 0 aliphatic carbocycles. The molecule has 0 aromatic heterocycles. The Bertz CT molecular complexity index is 174. The molecule has 0 bridgehead atoms. The molecule has 0 atom stereocenters. The van der Waals surface area contributed by atoms with E-state index in [0.717, 1.165) is 0 Å². The fraction of sp³-hybridized carbons (Fsp3) is 0.667. The van der Waals surface area contributed by atoms with E-state index >= 15 is 0 Å². The zero-order valence-electron chi connectivity index (χ0n) is 7.55. The topological polar surface area (TPSA) is 29.5 Å². The zero-order valence-corrected chi connectivity index (χ0v) is 12.9. The van der Waals surface area contributed by atoms with Crippen LogP contribution in [-0.4, -0.2) is 35.4 Å².